The van der Waals surface area contributed by atoms with Gasteiger partial charge in [0, 0.05) is 13.1 Å². The number of nitrogens with zero attached hydrogens (tertiary/aromatic N) is 5. The van der Waals surface area contributed by atoms with Gasteiger partial charge >= 0.3 is 7.75 Å². The van der Waals surface area contributed by atoms with E-state index in [-0.39, 0.29) is 25.5 Å². The molecule has 0 radical (unpaired) electrons. The highest BCUT2D eigenvalue weighted by Crippen LogP contribution is 2.47. The smallest absolute Gasteiger partial charge is 0.387 e. The molecule has 0 saturated carbocycles. The fourth-order valence-electron chi connectivity index (χ4n) is 3.21. The Labute approximate surface area is 159 Å². The maximum Gasteiger partial charge on any atom is 0.405 e. The molecule has 4 heterocycles. The molecule has 14 heteroatoms. The van der Waals surface area contributed by atoms with Crippen LogP contribution < -0.4 is 5.73 Å². The molecule has 2 aromatic heterocycles. The number of imidazole rings is 1. The summed E-state index contributed by atoms with van der Waals surface area (Å²) < 4.78 is 31.1. The third-order valence-corrected chi connectivity index (χ3v) is 6.35. The summed E-state index contributed by atoms with van der Waals surface area (Å²) in [5, 5.41) is 20.7. The first-order valence-electron chi connectivity index (χ1n) is 8.63. The Balaban J connectivity index is 1.47. The van der Waals surface area contributed by atoms with Gasteiger partial charge in [0.2, 0.25) is 0 Å². The fraction of sp³-hybridized carbons (Fsp3) is 0.643. The van der Waals surface area contributed by atoms with Gasteiger partial charge in [-0.2, -0.15) is 0 Å². The van der Waals surface area contributed by atoms with Crippen LogP contribution in [0, 0.1) is 0 Å². The quantitative estimate of drug-likeness (QED) is 0.414. The molecule has 0 aromatic carbocycles. The van der Waals surface area contributed by atoms with Crippen molar-refractivity contribution in [1.82, 2.24) is 24.2 Å². The number of morpholine rings is 1. The molecular formula is C14H21N6O7P. The average Bonchev–Trinajstić information content (AvgIpc) is 3.24. The van der Waals surface area contributed by atoms with Crippen LogP contribution in [0.25, 0.3) is 11.2 Å². The highest BCUT2D eigenvalue weighted by Gasteiger charge is 2.45. The predicted octanol–water partition coefficient (Wildman–Crippen LogP) is -1.52. The first-order valence-corrected chi connectivity index (χ1v) is 10.2. The molecule has 28 heavy (non-hydrogen) atoms. The number of hydrogen-bond acceptors (Lipinski definition) is 10. The molecule has 0 amide bonds. The van der Waals surface area contributed by atoms with E-state index in [4.69, 9.17) is 19.7 Å². The SMILES string of the molecule is Nc1ncnc2c1ncn2[C@@H]1O[C@H](COP(=O)(O)N2CCOCC2)[C@H](O)C1O. The van der Waals surface area contributed by atoms with Gasteiger partial charge in [-0.05, 0) is 0 Å². The van der Waals surface area contributed by atoms with Crippen LogP contribution in [-0.2, 0) is 18.6 Å². The minimum absolute atomic E-state index is 0.170. The predicted molar refractivity (Wildman–Crippen MR) is 93.8 cm³/mol. The lowest BCUT2D eigenvalue weighted by atomic mass is 10.1. The van der Waals surface area contributed by atoms with Gasteiger partial charge in [-0.15, -0.1) is 0 Å². The molecule has 154 valence electrons. The Morgan fingerprint density at radius 2 is 2.00 bits per heavy atom. The maximum atomic E-state index is 12.4. The molecule has 13 nitrogen and oxygen atoms in total. The summed E-state index contributed by atoms with van der Waals surface area (Å²) in [7, 11) is -4.07. The molecule has 2 saturated heterocycles. The van der Waals surface area contributed by atoms with Crippen LogP contribution in [0.1, 0.15) is 6.23 Å². The third-order valence-electron chi connectivity index (χ3n) is 4.75. The average molecular weight is 416 g/mol. The lowest BCUT2D eigenvalue weighted by Crippen LogP contribution is -2.36. The molecule has 4 rings (SSSR count). The Hall–Kier alpha value is -1.70. The molecular weight excluding hydrogens is 395 g/mol. The van der Waals surface area contributed by atoms with Crippen molar-refractivity contribution in [2.24, 2.45) is 0 Å². The number of rotatable bonds is 5. The lowest BCUT2D eigenvalue weighted by molar-refractivity contribution is -0.0507. The van der Waals surface area contributed by atoms with Crippen molar-refractivity contribution in [2.75, 3.05) is 38.6 Å². The van der Waals surface area contributed by atoms with Crippen LogP contribution in [0.3, 0.4) is 0 Å². The van der Waals surface area contributed by atoms with Crippen molar-refractivity contribution < 1.29 is 33.7 Å². The van der Waals surface area contributed by atoms with Crippen molar-refractivity contribution in [3.05, 3.63) is 12.7 Å². The van der Waals surface area contributed by atoms with E-state index in [1.807, 2.05) is 0 Å². The van der Waals surface area contributed by atoms with Gasteiger partial charge in [-0.1, -0.05) is 0 Å². The molecule has 0 bridgehead atoms. The fourth-order valence-corrected chi connectivity index (χ4v) is 4.38. The molecule has 2 fully saturated rings. The summed E-state index contributed by atoms with van der Waals surface area (Å²) >= 11 is 0. The first kappa shape index (κ1) is 19.6. The van der Waals surface area contributed by atoms with Crippen molar-refractivity contribution in [3.8, 4) is 0 Å². The Morgan fingerprint density at radius 3 is 2.75 bits per heavy atom. The van der Waals surface area contributed by atoms with E-state index in [1.165, 1.54) is 21.9 Å². The number of fused-ring (bicyclic) bond motifs is 1. The van der Waals surface area contributed by atoms with Gasteiger partial charge < -0.3 is 30.3 Å². The summed E-state index contributed by atoms with van der Waals surface area (Å²) in [6, 6.07) is 0. The van der Waals surface area contributed by atoms with E-state index in [9.17, 15) is 19.7 Å². The van der Waals surface area contributed by atoms with Gasteiger partial charge in [0.05, 0.1) is 26.1 Å². The van der Waals surface area contributed by atoms with Crippen molar-refractivity contribution in [1.29, 1.82) is 0 Å². The van der Waals surface area contributed by atoms with Crippen LogP contribution >= 0.6 is 7.75 Å². The molecule has 2 aromatic rings. The Morgan fingerprint density at radius 1 is 1.25 bits per heavy atom. The number of anilines is 1. The second kappa shape index (κ2) is 7.61. The van der Waals surface area contributed by atoms with Gasteiger partial charge in [0.1, 0.15) is 30.2 Å². The molecule has 5 N–H and O–H groups in total. The number of nitrogens with two attached hydrogens (primary N) is 1. The molecule has 2 aliphatic heterocycles. The van der Waals surface area contributed by atoms with Crippen LogP contribution in [-0.4, -0.2) is 90.5 Å². The largest absolute Gasteiger partial charge is 0.405 e. The first-order chi connectivity index (χ1) is 13.4. The summed E-state index contributed by atoms with van der Waals surface area (Å²) in [5.74, 6) is 0.170. The number of ether oxygens (including phenoxy) is 2. The molecule has 0 aliphatic carbocycles. The molecule has 2 unspecified atom stereocenters. The van der Waals surface area contributed by atoms with Crippen LogP contribution in [0.5, 0.6) is 0 Å². The molecule has 5 atom stereocenters. The highest BCUT2D eigenvalue weighted by atomic mass is 31.2. The maximum absolute atomic E-state index is 12.4. The van der Waals surface area contributed by atoms with Gasteiger partial charge in [-0.25, -0.2) is 24.2 Å². The zero-order valence-corrected chi connectivity index (χ0v) is 15.6. The molecule has 2 aliphatic rings. The summed E-state index contributed by atoms with van der Waals surface area (Å²) in [5.41, 5.74) is 6.41. The lowest BCUT2D eigenvalue weighted by Gasteiger charge is -2.30. The minimum atomic E-state index is -4.07. The second-order valence-electron chi connectivity index (χ2n) is 6.48. The van der Waals surface area contributed by atoms with Crippen molar-refractivity contribution in [2.45, 2.75) is 24.5 Å². The number of aliphatic hydroxyl groups is 2. The Kier molecular flexibility index (Phi) is 5.33. The highest BCUT2D eigenvalue weighted by molar-refractivity contribution is 7.50. The van der Waals surface area contributed by atoms with Crippen molar-refractivity contribution in [3.63, 3.8) is 0 Å². The second-order valence-corrected chi connectivity index (χ2v) is 8.29. The standard InChI is InChI=1S/C14H21N6O7P/c15-12-9-13(17-6-16-12)20(7-18-9)14-11(22)10(21)8(27-14)5-26-28(23,24)19-1-3-25-4-2-19/h6-8,10-11,14,21-22H,1-5H2,(H,23,24)(H2,15,16,17)/t8-,10+,11?,14-/m1/s1. The zero-order valence-electron chi connectivity index (χ0n) is 14.7. The molecule has 0 spiro atoms. The normalized spacial score (nSPS) is 31.2. The number of hydrogen-bond donors (Lipinski definition) is 4. The monoisotopic (exact) mass is 416 g/mol. The topological polar surface area (TPSA) is 178 Å². The van der Waals surface area contributed by atoms with E-state index in [0.29, 0.717) is 24.4 Å². The number of nitrogen functional groups attached to an aromatic ring is 1. The third kappa shape index (κ3) is 3.51. The van der Waals surface area contributed by atoms with Crippen LogP contribution in [0.15, 0.2) is 12.7 Å². The summed E-state index contributed by atoms with van der Waals surface area (Å²) in [6.07, 6.45) is -2.11. The van der Waals surface area contributed by atoms with Gasteiger partial charge in [-0.3, -0.25) is 9.09 Å². The van der Waals surface area contributed by atoms with Crippen LogP contribution in [0.4, 0.5) is 5.82 Å². The summed E-state index contributed by atoms with van der Waals surface area (Å²) in [4.78, 5) is 22.2. The van der Waals surface area contributed by atoms with E-state index < -0.39 is 32.3 Å². The van der Waals surface area contributed by atoms with Gasteiger partial charge in [0.15, 0.2) is 17.7 Å². The van der Waals surface area contributed by atoms with E-state index in [2.05, 4.69) is 15.0 Å². The summed E-state index contributed by atoms with van der Waals surface area (Å²) in [6.45, 7) is 0.792. The van der Waals surface area contributed by atoms with Crippen molar-refractivity contribution >= 4 is 24.7 Å². The van der Waals surface area contributed by atoms with Crippen LogP contribution in [0.2, 0.25) is 0 Å². The number of aromatic nitrogens is 4. The number of aliphatic hydroxyl groups excluding tert-OH is 2. The van der Waals surface area contributed by atoms with E-state index in [1.54, 1.807) is 0 Å². The zero-order chi connectivity index (χ0) is 19.9. The minimum Gasteiger partial charge on any atom is -0.387 e. The van der Waals surface area contributed by atoms with Gasteiger partial charge in [0.25, 0.3) is 0 Å². The van der Waals surface area contributed by atoms with E-state index >= 15 is 0 Å². The Bertz CT molecular complexity index is 890. The van der Waals surface area contributed by atoms with E-state index in [0.717, 1.165) is 0 Å².